The summed E-state index contributed by atoms with van der Waals surface area (Å²) in [5.74, 6) is 0.852. The van der Waals surface area contributed by atoms with Crippen molar-refractivity contribution in [2.24, 2.45) is 0 Å². The highest BCUT2D eigenvalue weighted by molar-refractivity contribution is 5.91. The number of rotatable bonds is 7. The van der Waals surface area contributed by atoms with E-state index in [1.54, 1.807) is 12.1 Å². The van der Waals surface area contributed by atoms with Gasteiger partial charge in [0.15, 0.2) is 11.5 Å². The standard InChI is InChI=1S/C24H31NO5/c1-17-10-8-9-13-24(25-17,19-11-6-5-7-12-19)16-30-23(26)18-14-20(27-2)22(29-4)21(15-18)28-3/h5-7,11-12,14-15,17,25H,8-10,13,16H2,1-4H3. The van der Waals surface area contributed by atoms with Crippen molar-refractivity contribution in [3.8, 4) is 17.2 Å². The van der Waals surface area contributed by atoms with Gasteiger partial charge in [-0.15, -0.1) is 0 Å². The van der Waals surface area contributed by atoms with Crippen LogP contribution in [0.3, 0.4) is 0 Å². The number of nitrogens with one attached hydrogen (secondary N) is 1. The molecule has 6 nitrogen and oxygen atoms in total. The molecule has 2 atom stereocenters. The van der Waals surface area contributed by atoms with Gasteiger partial charge >= 0.3 is 5.97 Å². The van der Waals surface area contributed by atoms with Gasteiger partial charge in [-0.3, -0.25) is 0 Å². The number of benzene rings is 2. The lowest BCUT2D eigenvalue weighted by atomic mass is 9.86. The van der Waals surface area contributed by atoms with Crippen molar-refractivity contribution >= 4 is 5.97 Å². The van der Waals surface area contributed by atoms with Crippen molar-refractivity contribution in [2.75, 3.05) is 27.9 Å². The van der Waals surface area contributed by atoms with Crippen LogP contribution in [0.4, 0.5) is 0 Å². The van der Waals surface area contributed by atoms with Crippen LogP contribution in [0.25, 0.3) is 0 Å². The fourth-order valence-corrected chi connectivity index (χ4v) is 4.15. The summed E-state index contributed by atoms with van der Waals surface area (Å²) < 4.78 is 21.9. The van der Waals surface area contributed by atoms with Gasteiger partial charge in [-0.05, 0) is 37.5 Å². The molecule has 0 spiro atoms. The predicted molar refractivity (Wildman–Crippen MR) is 116 cm³/mol. The SMILES string of the molecule is COc1cc(C(=O)OCC2(c3ccccc3)CCCCC(C)N2)cc(OC)c1OC. The molecule has 2 aromatic rings. The molecule has 0 bridgehead atoms. The Morgan fingerprint density at radius 1 is 1.03 bits per heavy atom. The van der Waals surface area contributed by atoms with E-state index in [1.165, 1.54) is 21.3 Å². The Morgan fingerprint density at radius 2 is 1.70 bits per heavy atom. The van der Waals surface area contributed by atoms with Gasteiger partial charge in [-0.1, -0.05) is 43.2 Å². The van der Waals surface area contributed by atoms with E-state index in [0.717, 1.165) is 31.2 Å². The molecule has 0 aromatic heterocycles. The van der Waals surface area contributed by atoms with Gasteiger partial charge in [0.2, 0.25) is 5.75 Å². The molecule has 30 heavy (non-hydrogen) atoms. The number of hydrogen-bond acceptors (Lipinski definition) is 6. The van der Waals surface area contributed by atoms with E-state index in [-0.39, 0.29) is 6.61 Å². The van der Waals surface area contributed by atoms with Gasteiger partial charge in [0.25, 0.3) is 0 Å². The Labute approximate surface area is 178 Å². The highest BCUT2D eigenvalue weighted by Crippen LogP contribution is 2.39. The molecule has 2 aromatic carbocycles. The van der Waals surface area contributed by atoms with Crippen molar-refractivity contribution in [3.05, 3.63) is 53.6 Å². The average molecular weight is 414 g/mol. The number of esters is 1. The largest absolute Gasteiger partial charge is 0.493 e. The van der Waals surface area contributed by atoms with Crippen molar-refractivity contribution in [1.82, 2.24) is 5.32 Å². The zero-order valence-electron chi connectivity index (χ0n) is 18.2. The van der Waals surface area contributed by atoms with Crippen LogP contribution < -0.4 is 19.5 Å². The number of ether oxygens (including phenoxy) is 4. The van der Waals surface area contributed by atoms with Gasteiger partial charge in [0.1, 0.15) is 6.61 Å². The van der Waals surface area contributed by atoms with E-state index in [9.17, 15) is 4.79 Å². The molecule has 1 aliphatic rings. The Bertz CT molecular complexity index is 829. The van der Waals surface area contributed by atoms with Gasteiger partial charge in [0.05, 0.1) is 32.4 Å². The summed E-state index contributed by atoms with van der Waals surface area (Å²) in [4.78, 5) is 13.0. The third-order valence-corrected chi connectivity index (χ3v) is 5.69. The lowest BCUT2D eigenvalue weighted by Crippen LogP contribution is -2.49. The summed E-state index contributed by atoms with van der Waals surface area (Å²) in [5, 5.41) is 3.73. The second-order valence-electron chi connectivity index (χ2n) is 7.73. The minimum atomic E-state index is -0.428. The van der Waals surface area contributed by atoms with Crippen molar-refractivity contribution in [2.45, 2.75) is 44.2 Å². The lowest BCUT2D eigenvalue weighted by Gasteiger charge is -2.36. The first-order chi connectivity index (χ1) is 14.5. The van der Waals surface area contributed by atoms with Crippen molar-refractivity contribution in [1.29, 1.82) is 0 Å². The normalized spacial score (nSPS) is 21.4. The molecular weight excluding hydrogens is 382 g/mol. The zero-order chi connectivity index (χ0) is 21.6. The monoisotopic (exact) mass is 413 g/mol. The molecule has 3 rings (SSSR count). The van der Waals surface area contributed by atoms with E-state index < -0.39 is 11.5 Å². The minimum absolute atomic E-state index is 0.247. The fraction of sp³-hybridized carbons (Fsp3) is 0.458. The smallest absolute Gasteiger partial charge is 0.338 e. The average Bonchev–Trinajstić information content (AvgIpc) is 2.98. The predicted octanol–water partition coefficient (Wildman–Crippen LogP) is 4.32. The first kappa shape index (κ1) is 22.0. The lowest BCUT2D eigenvalue weighted by molar-refractivity contribution is 0.0335. The summed E-state index contributed by atoms with van der Waals surface area (Å²) in [6, 6.07) is 13.8. The third-order valence-electron chi connectivity index (χ3n) is 5.69. The number of carbonyl (C=O) groups is 1. The Balaban J connectivity index is 1.86. The summed E-state index contributed by atoms with van der Waals surface area (Å²) in [7, 11) is 4.57. The van der Waals surface area contributed by atoms with E-state index in [0.29, 0.717) is 28.9 Å². The molecule has 0 aliphatic carbocycles. The first-order valence-electron chi connectivity index (χ1n) is 10.3. The maximum Gasteiger partial charge on any atom is 0.338 e. The van der Waals surface area contributed by atoms with Crippen LogP contribution in [0.15, 0.2) is 42.5 Å². The quantitative estimate of drug-likeness (QED) is 0.682. The molecule has 162 valence electrons. The topological polar surface area (TPSA) is 66.0 Å². The summed E-state index contributed by atoms with van der Waals surface area (Å²) in [6.07, 6.45) is 4.25. The number of carbonyl (C=O) groups excluding carboxylic acids is 1. The van der Waals surface area contributed by atoms with Gasteiger partial charge < -0.3 is 24.3 Å². The van der Waals surface area contributed by atoms with Crippen LogP contribution in [-0.4, -0.2) is 39.9 Å². The number of methoxy groups -OCH3 is 3. The van der Waals surface area contributed by atoms with E-state index in [2.05, 4.69) is 24.4 Å². The molecule has 1 saturated heterocycles. The van der Waals surface area contributed by atoms with Gasteiger partial charge in [-0.25, -0.2) is 4.79 Å². The first-order valence-corrected chi connectivity index (χ1v) is 10.3. The van der Waals surface area contributed by atoms with Gasteiger partial charge in [0, 0.05) is 6.04 Å². The maximum atomic E-state index is 13.0. The van der Waals surface area contributed by atoms with E-state index in [4.69, 9.17) is 18.9 Å². The van der Waals surface area contributed by atoms with Crippen LogP contribution in [0.1, 0.15) is 48.5 Å². The molecule has 1 N–H and O–H groups in total. The summed E-state index contributed by atoms with van der Waals surface area (Å²) in [5.41, 5.74) is 1.08. The molecule has 6 heteroatoms. The molecule has 1 aliphatic heterocycles. The fourth-order valence-electron chi connectivity index (χ4n) is 4.15. The van der Waals surface area contributed by atoms with Crippen molar-refractivity contribution < 1.29 is 23.7 Å². The second-order valence-corrected chi connectivity index (χ2v) is 7.73. The van der Waals surface area contributed by atoms with Gasteiger partial charge in [-0.2, -0.15) is 0 Å². The van der Waals surface area contributed by atoms with Crippen LogP contribution in [-0.2, 0) is 10.3 Å². The maximum absolute atomic E-state index is 13.0. The molecule has 0 saturated carbocycles. The Kier molecular flexibility index (Phi) is 7.21. The van der Waals surface area contributed by atoms with Crippen LogP contribution in [0.5, 0.6) is 17.2 Å². The summed E-state index contributed by atoms with van der Waals surface area (Å²) >= 11 is 0. The third kappa shape index (κ3) is 4.70. The minimum Gasteiger partial charge on any atom is -0.493 e. The summed E-state index contributed by atoms with van der Waals surface area (Å²) in [6.45, 7) is 2.43. The molecule has 1 fully saturated rings. The van der Waals surface area contributed by atoms with Crippen molar-refractivity contribution in [3.63, 3.8) is 0 Å². The molecule has 2 unspecified atom stereocenters. The van der Waals surface area contributed by atoms with Crippen LogP contribution in [0.2, 0.25) is 0 Å². The van der Waals surface area contributed by atoms with E-state index in [1.807, 2.05) is 18.2 Å². The Hall–Kier alpha value is -2.73. The second kappa shape index (κ2) is 9.85. The molecule has 0 amide bonds. The van der Waals surface area contributed by atoms with Crippen LogP contribution >= 0.6 is 0 Å². The van der Waals surface area contributed by atoms with Crippen LogP contribution in [0, 0.1) is 0 Å². The Morgan fingerprint density at radius 3 is 2.30 bits per heavy atom. The van der Waals surface area contributed by atoms with E-state index >= 15 is 0 Å². The number of hydrogen-bond donors (Lipinski definition) is 1. The molecule has 0 radical (unpaired) electrons. The highest BCUT2D eigenvalue weighted by Gasteiger charge is 2.36. The zero-order valence-corrected chi connectivity index (χ0v) is 18.2. The molecular formula is C24H31NO5. The molecule has 1 heterocycles. The highest BCUT2D eigenvalue weighted by atomic mass is 16.5.